The van der Waals surface area contributed by atoms with E-state index in [0.29, 0.717) is 6.54 Å². The van der Waals surface area contributed by atoms with Crippen molar-refractivity contribution in [3.05, 3.63) is 4.91 Å². The Bertz CT molecular complexity index is 103. The highest BCUT2D eigenvalue weighted by atomic mass is 16.3. The van der Waals surface area contributed by atoms with Crippen LogP contribution < -0.4 is 5.32 Å². The molecule has 0 bridgehead atoms. The summed E-state index contributed by atoms with van der Waals surface area (Å²) in [7, 11) is 3.26. The number of nitrogens with one attached hydrogen (secondary N) is 1. The summed E-state index contributed by atoms with van der Waals surface area (Å²) in [5.41, 5.74) is 0. The van der Waals surface area contributed by atoms with E-state index in [4.69, 9.17) is 0 Å². The highest BCUT2D eigenvalue weighted by Gasteiger charge is 1.81. The van der Waals surface area contributed by atoms with Crippen molar-refractivity contribution < 1.29 is 0 Å². The zero-order valence-electron chi connectivity index (χ0n) is 5.53. The Kier molecular flexibility index (Phi) is 4.61. The van der Waals surface area contributed by atoms with E-state index in [2.05, 4.69) is 15.7 Å². The zero-order chi connectivity index (χ0) is 7.11. The number of rotatable bonds is 4. The van der Waals surface area contributed by atoms with E-state index >= 15 is 0 Å². The van der Waals surface area contributed by atoms with Gasteiger partial charge in [-0.2, -0.15) is 10.2 Å². The Labute approximate surface area is 53.7 Å². The Morgan fingerprint density at radius 2 is 2.44 bits per heavy atom. The zero-order valence-corrected chi connectivity index (χ0v) is 5.53. The molecule has 0 aliphatic carbocycles. The van der Waals surface area contributed by atoms with Gasteiger partial charge in [-0.1, -0.05) is 0 Å². The van der Waals surface area contributed by atoms with Crippen molar-refractivity contribution in [2.45, 2.75) is 0 Å². The molecule has 0 saturated heterocycles. The maximum Gasteiger partial charge on any atom is 0.0747 e. The largest absolute Gasteiger partial charge is 0.315 e. The SMILES string of the molecule is CNC/C=N\N(C)N=O. The highest BCUT2D eigenvalue weighted by molar-refractivity contribution is 5.58. The number of hydrazone groups is 1. The van der Waals surface area contributed by atoms with Gasteiger partial charge in [0.2, 0.25) is 0 Å². The van der Waals surface area contributed by atoms with Crippen LogP contribution in [0.4, 0.5) is 0 Å². The second-order valence-corrected chi connectivity index (χ2v) is 1.43. The van der Waals surface area contributed by atoms with Gasteiger partial charge in [0.15, 0.2) is 0 Å². The van der Waals surface area contributed by atoms with Crippen molar-refractivity contribution in [3.8, 4) is 0 Å². The van der Waals surface area contributed by atoms with Crippen molar-refractivity contribution in [3.63, 3.8) is 0 Å². The molecule has 5 heteroatoms. The van der Waals surface area contributed by atoms with Gasteiger partial charge in [-0.05, 0) is 7.05 Å². The van der Waals surface area contributed by atoms with Gasteiger partial charge < -0.3 is 5.32 Å². The maximum atomic E-state index is 9.64. The van der Waals surface area contributed by atoms with E-state index < -0.39 is 0 Å². The molecule has 0 saturated carbocycles. The lowest BCUT2D eigenvalue weighted by atomic mass is 10.7. The van der Waals surface area contributed by atoms with Gasteiger partial charge in [0.25, 0.3) is 0 Å². The fourth-order valence-electron chi connectivity index (χ4n) is 0.271. The first-order chi connectivity index (χ1) is 4.31. The Balaban J connectivity index is 3.31. The third kappa shape index (κ3) is 4.89. The topological polar surface area (TPSA) is 57.1 Å². The lowest BCUT2D eigenvalue weighted by Gasteiger charge is -1.96. The van der Waals surface area contributed by atoms with Crippen LogP contribution in [0.15, 0.2) is 10.4 Å². The summed E-state index contributed by atoms with van der Waals surface area (Å²) in [5.74, 6) is 0. The van der Waals surface area contributed by atoms with Crippen LogP contribution in [-0.2, 0) is 0 Å². The van der Waals surface area contributed by atoms with E-state index in [-0.39, 0.29) is 0 Å². The number of nitrogens with zero attached hydrogens (tertiary/aromatic N) is 3. The lowest BCUT2D eigenvalue weighted by molar-refractivity contribution is 0.373. The van der Waals surface area contributed by atoms with Crippen LogP contribution in [0.25, 0.3) is 0 Å². The van der Waals surface area contributed by atoms with Gasteiger partial charge in [-0.25, -0.2) is 0 Å². The van der Waals surface area contributed by atoms with Gasteiger partial charge in [0, 0.05) is 12.8 Å². The standard InChI is InChI=1S/C4H10N4O/c1-5-3-4-6-8(2)7-9/h4-5H,3H2,1-2H3/b6-4-. The van der Waals surface area contributed by atoms with Gasteiger partial charge >= 0.3 is 0 Å². The van der Waals surface area contributed by atoms with Gasteiger partial charge in [0.05, 0.1) is 12.3 Å². The molecule has 0 aliphatic rings. The second kappa shape index (κ2) is 5.17. The smallest absolute Gasteiger partial charge is 0.0747 e. The molecule has 0 aromatic rings. The highest BCUT2D eigenvalue weighted by Crippen LogP contribution is 1.78. The molecule has 0 atom stereocenters. The van der Waals surface area contributed by atoms with E-state index in [1.54, 1.807) is 13.3 Å². The van der Waals surface area contributed by atoms with Crippen LogP contribution in [0, 0.1) is 4.91 Å². The molecular formula is C4H10N4O. The molecule has 0 heterocycles. The second-order valence-electron chi connectivity index (χ2n) is 1.43. The van der Waals surface area contributed by atoms with Crippen molar-refractivity contribution in [2.24, 2.45) is 10.4 Å². The lowest BCUT2D eigenvalue weighted by Crippen LogP contribution is -2.10. The van der Waals surface area contributed by atoms with Gasteiger partial charge in [0.1, 0.15) is 0 Å². The average Bonchev–Trinajstić information content (AvgIpc) is 1.89. The monoisotopic (exact) mass is 130 g/mol. The summed E-state index contributed by atoms with van der Waals surface area (Å²) in [5, 5.41) is 9.90. The molecule has 5 nitrogen and oxygen atoms in total. The molecular weight excluding hydrogens is 120 g/mol. The molecule has 1 N–H and O–H groups in total. The van der Waals surface area contributed by atoms with Crippen LogP contribution in [0.3, 0.4) is 0 Å². The normalized spacial score (nSPS) is 10.0. The van der Waals surface area contributed by atoms with Crippen LogP contribution in [0.2, 0.25) is 0 Å². The minimum Gasteiger partial charge on any atom is -0.315 e. The van der Waals surface area contributed by atoms with Crippen LogP contribution >= 0.6 is 0 Å². The maximum absolute atomic E-state index is 9.64. The van der Waals surface area contributed by atoms with Gasteiger partial charge in [-0.3, -0.25) is 0 Å². The summed E-state index contributed by atoms with van der Waals surface area (Å²) in [4.78, 5) is 9.64. The van der Waals surface area contributed by atoms with E-state index in [1.165, 1.54) is 7.05 Å². The van der Waals surface area contributed by atoms with Crippen molar-refractivity contribution >= 4 is 6.21 Å². The first-order valence-electron chi connectivity index (χ1n) is 2.55. The molecule has 0 amide bonds. The number of hydrogen-bond donors (Lipinski definition) is 1. The molecule has 0 unspecified atom stereocenters. The third-order valence-electron chi connectivity index (χ3n) is 0.662. The first-order valence-corrected chi connectivity index (χ1v) is 2.55. The summed E-state index contributed by atoms with van der Waals surface area (Å²) in [6.07, 6.45) is 1.56. The molecule has 0 rings (SSSR count). The van der Waals surface area contributed by atoms with Crippen molar-refractivity contribution in [1.82, 2.24) is 10.4 Å². The molecule has 0 aromatic carbocycles. The quantitative estimate of drug-likeness (QED) is 0.326. The summed E-state index contributed by atoms with van der Waals surface area (Å²) in [6.45, 7) is 0.639. The average molecular weight is 130 g/mol. The van der Waals surface area contributed by atoms with Crippen LogP contribution in [0.1, 0.15) is 0 Å². The van der Waals surface area contributed by atoms with E-state index in [1.807, 2.05) is 0 Å². The minimum atomic E-state index is 0.639. The molecule has 0 aliphatic heterocycles. The van der Waals surface area contributed by atoms with Crippen LogP contribution in [0.5, 0.6) is 0 Å². The summed E-state index contributed by atoms with van der Waals surface area (Å²) >= 11 is 0. The van der Waals surface area contributed by atoms with Crippen LogP contribution in [-0.4, -0.2) is 32.0 Å². The number of nitroso groups, excluding NO2 is 1. The van der Waals surface area contributed by atoms with Crippen molar-refractivity contribution in [1.29, 1.82) is 0 Å². The summed E-state index contributed by atoms with van der Waals surface area (Å²) < 4.78 is 0. The minimum absolute atomic E-state index is 0.639. The molecule has 0 radical (unpaired) electrons. The predicted molar refractivity (Wildman–Crippen MR) is 36.0 cm³/mol. The molecule has 52 valence electrons. The molecule has 0 aromatic heterocycles. The van der Waals surface area contributed by atoms with E-state index in [9.17, 15) is 4.91 Å². The van der Waals surface area contributed by atoms with Crippen molar-refractivity contribution in [2.75, 3.05) is 20.6 Å². The Hall–Kier alpha value is -0.970. The van der Waals surface area contributed by atoms with Gasteiger partial charge in [-0.15, -0.1) is 4.91 Å². The molecule has 0 fully saturated rings. The Morgan fingerprint density at radius 1 is 1.78 bits per heavy atom. The third-order valence-corrected chi connectivity index (χ3v) is 0.662. The summed E-state index contributed by atoms with van der Waals surface area (Å²) in [6, 6.07) is 0. The first kappa shape index (κ1) is 8.03. The Morgan fingerprint density at radius 3 is 2.89 bits per heavy atom. The van der Waals surface area contributed by atoms with E-state index in [0.717, 1.165) is 5.12 Å². The molecule has 9 heavy (non-hydrogen) atoms. The fourth-order valence-corrected chi connectivity index (χ4v) is 0.271. The predicted octanol–water partition coefficient (Wildman–Crippen LogP) is -0.195. The number of hydrogen-bond acceptors (Lipinski definition) is 4. The fraction of sp³-hybridized carbons (Fsp3) is 0.750. The molecule has 0 spiro atoms.